The molecule has 1 aromatic heterocycles. The first kappa shape index (κ1) is 17.6. The van der Waals surface area contributed by atoms with Gasteiger partial charge in [-0.1, -0.05) is 27.7 Å². The van der Waals surface area contributed by atoms with E-state index < -0.39 is 0 Å². The summed E-state index contributed by atoms with van der Waals surface area (Å²) in [6.07, 6.45) is 2.07. The van der Waals surface area contributed by atoms with Gasteiger partial charge in [-0.05, 0) is 31.4 Å². The van der Waals surface area contributed by atoms with E-state index in [4.69, 9.17) is 0 Å². The summed E-state index contributed by atoms with van der Waals surface area (Å²) in [5.41, 5.74) is 4.04. The fourth-order valence-corrected chi connectivity index (χ4v) is 3.49. The Kier molecular flexibility index (Phi) is 7.67. The molecule has 0 saturated carbocycles. The fraction of sp³-hybridized carbons (Fsp3) is 0.812. The van der Waals surface area contributed by atoms with Crippen molar-refractivity contribution in [2.24, 2.45) is 13.0 Å². The van der Waals surface area contributed by atoms with Crippen LogP contribution in [0.15, 0.2) is 0 Å². The summed E-state index contributed by atoms with van der Waals surface area (Å²) in [6, 6.07) is 0.549. The minimum atomic E-state index is 0.549. The van der Waals surface area contributed by atoms with Crippen LogP contribution in [0.4, 0.5) is 0 Å². The van der Waals surface area contributed by atoms with Crippen molar-refractivity contribution >= 4 is 11.8 Å². The molecule has 0 saturated heterocycles. The lowest BCUT2D eigenvalue weighted by Crippen LogP contribution is -2.28. The number of nitrogens with one attached hydrogen (secondary N) is 1. The van der Waals surface area contributed by atoms with Crippen molar-refractivity contribution in [3.63, 3.8) is 0 Å². The second kappa shape index (κ2) is 8.73. The average molecular weight is 298 g/mol. The van der Waals surface area contributed by atoms with Gasteiger partial charge in [0.2, 0.25) is 0 Å². The number of aryl methyl sites for hydroxylation is 2. The molecule has 0 aliphatic heterocycles. The highest BCUT2D eigenvalue weighted by Crippen LogP contribution is 2.16. The van der Waals surface area contributed by atoms with Crippen LogP contribution in [-0.2, 0) is 26.4 Å². The average Bonchev–Trinajstić information content (AvgIpc) is 2.71. The van der Waals surface area contributed by atoms with Crippen LogP contribution in [0, 0.1) is 5.92 Å². The second-order valence-corrected chi connectivity index (χ2v) is 6.99. The number of hydrogen-bond donors (Lipinski definition) is 1. The van der Waals surface area contributed by atoms with Gasteiger partial charge in [0.05, 0.1) is 5.69 Å². The van der Waals surface area contributed by atoms with E-state index in [2.05, 4.69) is 52.1 Å². The summed E-state index contributed by atoms with van der Waals surface area (Å²) in [6.45, 7) is 12.2. The van der Waals surface area contributed by atoms with Gasteiger partial charge in [-0.25, -0.2) is 0 Å². The van der Waals surface area contributed by atoms with Crippen LogP contribution in [-0.4, -0.2) is 27.3 Å². The van der Waals surface area contributed by atoms with Crippen LogP contribution in [0.25, 0.3) is 0 Å². The monoisotopic (exact) mass is 297 g/mol. The van der Waals surface area contributed by atoms with Crippen molar-refractivity contribution in [3.05, 3.63) is 17.0 Å². The van der Waals surface area contributed by atoms with E-state index in [-0.39, 0.29) is 0 Å². The zero-order valence-electron chi connectivity index (χ0n) is 14.0. The molecular weight excluding hydrogens is 266 g/mol. The molecular formula is C16H31N3S. The molecule has 1 heterocycles. The summed E-state index contributed by atoms with van der Waals surface area (Å²) in [7, 11) is 2.06. The predicted molar refractivity (Wildman–Crippen MR) is 90.4 cm³/mol. The molecule has 0 fully saturated rings. The van der Waals surface area contributed by atoms with Gasteiger partial charge >= 0.3 is 0 Å². The highest BCUT2D eigenvalue weighted by molar-refractivity contribution is 7.99. The molecule has 3 nitrogen and oxygen atoms in total. The first-order chi connectivity index (χ1) is 9.49. The lowest BCUT2D eigenvalue weighted by Gasteiger charge is -2.15. The van der Waals surface area contributed by atoms with Gasteiger partial charge < -0.3 is 5.32 Å². The Hall–Kier alpha value is -0.480. The van der Waals surface area contributed by atoms with E-state index >= 15 is 0 Å². The molecule has 0 aliphatic rings. The van der Waals surface area contributed by atoms with Gasteiger partial charge in [-0.2, -0.15) is 16.9 Å². The van der Waals surface area contributed by atoms with E-state index in [1.54, 1.807) is 0 Å². The summed E-state index contributed by atoms with van der Waals surface area (Å²) in [4.78, 5) is 0. The van der Waals surface area contributed by atoms with Gasteiger partial charge in [-0.3, -0.25) is 4.68 Å². The van der Waals surface area contributed by atoms with Crippen molar-refractivity contribution in [1.29, 1.82) is 0 Å². The van der Waals surface area contributed by atoms with Crippen LogP contribution in [0.2, 0.25) is 0 Å². The molecule has 0 spiro atoms. The van der Waals surface area contributed by atoms with Crippen LogP contribution in [0.5, 0.6) is 0 Å². The molecule has 1 atom stereocenters. The van der Waals surface area contributed by atoms with E-state index in [9.17, 15) is 0 Å². The Bertz CT molecular complexity index is 399. The van der Waals surface area contributed by atoms with Gasteiger partial charge in [-0.15, -0.1) is 0 Å². The highest BCUT2D eigenvalue weighted by atomic mass is 32.2. The minimum Gasteiger partial charge on any atom is -0.309 e. The van der Waals surface area contributed by atoms with Crippen LogP contribution in [0.1, 0.15) is 51.6 Å². The minimum absolute atomic E-state index is 0.549. The first-order valence-electron chi connectivity index (χ1n) is 7.84. The first-order valence-corrected chi connectivity index (χ1v) is 8.99. The van der Waals surface area contributed by atoms with Gasteiger partial charge in [0, 0.05) is 36.6 Å². The normalized spacial score (nSPS) is 13.2. The SMILES string of the molecule is CCc1nn(C)c(CC)c1CNC(C)CSCC(C)C. The molecule has 20 heavy (non-hydrogen) atoms. The zero-order chi connectivity index (χ0) is 15.1. The largest absolute Gasteiger partial charge is 0.309 e. The zero-order valence-corrected chi connectivity index (χ0v) is 14.8. The van der Waals surface area contributed by atoms with Crippen molar-refractivity contribution < 1.29 is 0 Å². The smallest absolute Gasteiger partial charge is 0.0669 e. The van der Waals surface area contributed by atoms with Gasteiger partial charge in [0.25, 0.3) is 0 Å². The predicted octanol–water partition coefficient (Wildman–Crippen LogP) is 3.41. The Morgan fingerprint density at radius 1 is 1.15 bits per heavy atom. The third-order valence-corrected chi connectivity index (χ3v) is 5.11. The van der Waals surface area contributed by atoms with Gasteiger partial charge in [0.15, 0.2) is 0 Å². The lowest BCUT2D eigenvalue weighted by atomic mass is 10.1. The number of rotatable bonds is 9. The van der Waals surface area contributed by atoms with Crippen molar-refractivity contribution in [1.82, 2.24) is 15.1 Å². The standard InChI is InChI=1S/C16H31N3S/c1-7-15-14(16(8-2)19(6)18-15)9-17-13(5)11-20-10-12(3)4/h12-13,17H,7-11H2,1-6H3. The van der Waals surface area contributed by atoms with Crippen LogP contribution >= 0.6 is 11.8 Å². The maximum absolute atomic E-state index is 4.63. The Morgan fingerprint density at radius 2 is 1.85 bits per heavy atom. The maximum atomic E-state index is 4.63. The Labute approximate surface area is 128 Å². The lowest BCUT2D eigenvalue weighted by molar-refractivity contribution is 0.589. The summed E-state index contributed by atoms with van der Waals surface area (Å²) < 4.78 is 2.05. The van der Waals surface area contributed by atoms with E-state index in [1.165, 1.54) is 28.5 Å². The second-order valence-electron chi connectivity index (χ2n) is 5.92. The van der Waals surface area contributed by atoms with Crippen molar-refractivity contribution in [2.75, 3.05) is 11.5 Å². The molecule has 1 N–H and O–H groups in total. The molecule has 116 valence electrons. The molecule has 0 amide bonds. The number of nitrogens with zero attached hydrogens (tertiary/aromatic N) is 2. The topological polar surface area (TPSA) is 29.9 Å². The number of hydrogen-bond acceptors (Lipinski definition) is 3. The van der Waals surface area contributed by atoms with Crippen molar-refractivity contribution in [3.8, 4) is 0 Å². The van der Waals surface area contributed by atoms with Crippen LogP contribution < -0.4 is 5.32 Å². The molecule has 1 unspecified atom stereocenters. The molecule has 1 aromatic rings. The third kappa shape index (κ3) is 5.13. The highest BCUT2D eigenvalue weighted by Gasteiger charge is 2.14. The molecule has 0 radical (unpaired) electrons. The molecule has 4 heteroatoms. The summed E-state index contributed by atoms with van der Waals surface area (Å²) in [5.74, 6) is 3.21. The fourth-order valence-electron chi connectivity index (χ4n) is 2.41. The Balaban J connectivity index is 2.52. The maximum Gasteiger partial charge on any atom is 0.0669 e. The third-order valence-electron chi connectivity index (χ3n) is 3.47. The van der Waals surface area contributed by atoms with E-state index in [0.717, 1.165) is 25.3 Å². The molecule has 1 rings (SSSR count). The van der Waals surface area contributed by atoms with Crippen molar-refractivity contribution in [2.45, 2.75) is 60.0 Å². The van der Waals surface area contributed by atoms with E-state index in [0.29, 0.717) is 6.04 Å². The van der Waals surface area contributed by atoms with Crippen LogP contribution in [0.3, 0.4) is 0 Å². The quantitative estimate of drug-likeness (QED) is 0.757. The number of thioether (sulfide) groups is 1. The molecule has 0 aromatic carbocycles. The van der Waals surface area contributed by atoms with E-state index in [1.807, 2.05) is 16.4 Å². The summed E-state index contributed by atoms with van der Waals surface area (Å²) in [5, 5.41) is 8.30. The number of aromatic nitrogens is 2. The Morgan fingerprint density at radius 3 is 2.40 bits per heavy atom. The van der Waals surface area contributed by atoms with Gasteiger partial charge in [0.1, 0.15) is 0 Å². The molecule has 0 aliphatic carbocycles. The summed E-state index contributed by atoms with van der Waals surface area (Å²) >= 11 is 2.05. The molecule has 0 bridgehead atoms.